The molecule has 1 unspecified atom stereocenters. The summed E-state index contributed by atoms with van der Waals surface area (Å²) in [6.45, 7) is 0.358. The predicted octanol–water partition coefficient (Wildman–Crippen LogP) is 4.45. The second kappa shape index (κ2) is 8.87. The number of nitrogens with zero attached hydrogens (tertiary/aromatic N) is 3. The molecule has 0 saturated heterocycles. The molecule has 0 aliphatic carbocycles. The molecule has 1 aliphatic heterocycles. The van der Waals surface area contributed by atoms with Crippen LogP contribution in [-0.2, 0) is 6.42 Å². The van der Waals surface area contributed by atoms with Crippen molar-refractivity contribution in [2.75, 3.05) is 6.54 Å². The third-order valence-electron chi connectivity index (χ3n) is 4.89. The fourth-order valence-electron chi connectivity index (χ4n) is 3.33. The van der Waals surface area contributed by atoms with Crippen molar-refractivity contribution >= 4 is 28.9 Å². The SMILES string of the molecule is N#C/C(=C\C=C\c1ccccc1)c1nc(CCN2C(=O)c3ccccc3C2O)cs1. The normalized spacial score (nSPS) is 16.1. The van der Waals surface area contributed by atoms with Crippen molar-refractivity contribution in [2.45, 2.75) is 12.6 Å². The third kappa shape index (κ3) is 4.08. The fraction of sp³-hybridized carbons (Fsp3) is 0.125. The Bertz CT molecular complexity index is 1160. The van der Waals surface area contributed by atoms with E-state index in [4.69, 9.17) is 0 Å². The molecule has 2 heterocycles. The Labute approximate surface area is 178 Å². The summed E-state index contributed by atoms with van der Waals surface area (Å²) in [5, 5.41) is 22.5. The topological polar surface area (TPSA) is 77.2 Å². The van der Waals surface area contributed by atoms with Gasteiger partial charge in [0.15, 0.2) is 6.23 Å². The zero-order chi connectivity index (χ0) is 20.9. The molecule has 0 fully saturated rings. The first-order chi connectivity index (χ1) is 14.7. The number of hydrogen-bond acceptors (Lipinski definition) is 5. The minimum atomic E-state index is -0.926. The van der Waals surface area contributed by atoms with E-state index in [1.165, 1.54) is 16.2 Å². The van der Waals surface area contributed by atoms with Crippen LogP contribution in [0, 0.1) is 11.3 Å². The molecule has 5 nitrogen and oxygen atoms in total. The quantitative estimate of drug-likeness (QED) is 0.478. The number of aliphatic hydroxyl groups is 1. The Balaban J connectivity index is 1.42. The first-order valence-corrected chi connectivity index (χ1v) is 10.4. The second-order valence-corrected chi connectivity index (χ2v) is 7.67. The molecule has 6 heteroatoms. The number of aliphatic hydroxyl groups excluding tert-OH is 1. The Morgan fingerprint density at radius 1 is 1.20 bits per heavy atom. The molecular formula is C24H19N3O2S. The lowest BCUT2D eigenvalue weighted by atomic mass is 10.1. The average Bonchev–Trinajstić information content (AvgIpc) is 3.34. The number of nitriles is 1. The number of allylic oxidation sites excluding steroid dienone is 3. The largest absolute Gasteiger partial charge is 0.369 e. The van der Waals surface area contributed by atoms with Crippen LogP contribution in [0.5, 0.6) is 0 Å². The molecule has 2 aromatic carbocycles. The minimum Gasteiger partial charge on any atom is -0.369 e. The highest BCUT2D eigenvalue weighted by Gasteiger charge is 2.34. The van der Waals surface area contributed by atoms with Crippen molar-refractivity contribution in [3.05, 3.63) is 99.5 Å². The van der Waals surface area contributed by atoms with Crippen LogP contribution < -0.4 is 0 Å². The van der Waals surface area contributed by atoms with Gasteiger partial charge in [-0.25, -0.2) is 4.98 Å². The number of aromatic nitrogens is 1. The van der Waals surface area contributed by atoms with E-state index in [0.717, 1.165) is 11.3 Å². The van der Waals surface area contributed by atoms with Gasteiger partial charge in [0.05, 0.1) is 11.3 Å². The lowest BCUT2D eigenvalue weighted by Gasteiger charge is -2.20. The number of benzene rings is 2. The van der Waals surface area contributed by atoms with Crippen molar-refractivity contribution < 1.29 is 9.90 Å². The van der Waals surface area contributed by atoms with Crippen LogP contribution in [0.2, 0.25) is 0 Å². The van der Waals surface area contributed by atoms with Crippen LogP contribution in [0.4, 0.5) is 0 Å². The maximum absolute atomic E-state index is 12.5. The molecule has 1 atom stereocenters. The summed E-state index contributed by atoms with van der Waals surface area (Å²) in [6, 6.07) is 19.2. The molecule has 0 radical (unpaired) electrons. The molecule has 0 bridgehead atoms. The number of thiazole rings is 1. The van der Waals surface area contributed by atoms with E-state index < -0.39 is 6.23 Å². The lowest BCUT2D eigenvalue weighted by Crippen LogP contribution is -2.30. The van der Waals surface area contributed by atoms with Crippen molar-refractivity contribution in [1.82, 2.24) is 9.88 Å². The summed E-state index contributed by atoms with van der Waals surface area (Å²) < 4.78 is 0. The van der Waals surface area contributed by atoms with E-state index in [1.807, 2.05) is 53.9 Å². The van der Waals surface area contributed by atoms with E-state index in [0.29, 0.717) is 34.7 Å². The van der Waals surface area contributed by atoms with E-state index in [2.05, 4.69) is 11.1 Å². The van der Waals surface area contributed by atoms with Gasteiger partial charge in [-0.2, -0.15) is 5.26 Å². The molecule has 0 saturated carbocycles. The summed E-state index contributed by atoms with van der Waals surface area (Å²) in [7, 11) is 0. The van der Waals surface area contributed by atoms with Gasteiger partial charge >= 0.3 is 0 Å². The molecule has 1 N–H and O–H groups in total. The van der Waals surface area contributed by atoms with E-state index in [1.54, 1.807) is 24.3 Å². The minimum absolute atomic E-state index is 0.169. The first kappa shape index (κ1) is 19.8. The second-order valence-electron chi connectivity index (χ2n) is 6.82. The maximum atomic E-state index is 12.5. The Morgan fingerprint density at radius 3 is 2.73 bits per heavy atom. The van der Waals surface area contributed by atoms with Gasteiger partial charge in [-0.15, -0.1) is 11.3 Å². The standard InChI is InChI=1S/C24H19N3O2S/c25-15-18(10-6-9-17-7-2-1-3-8-17)22-26-19(16-30-22)13-14-27-23(28)20-11-4-5-12-21(20)24(27)29/h1-12,16,23,28H,13-14H2/b9-6+,18-10+. The maximum Gasteiger partial charge on any atom is 0.256 e. The number of carbonyl (C=O) groups excluding carboxylic acids is 1. The number of carbonyl (C=O) groups is 1. The van der Waals surface area contributed by atoms with E-state index in [9.17, 15) is 15.2 Å². The van der Waals surface area contributed by atoms with Gasteiger partial charge in [-0.3, -0.25) is 4.79 Å². The van der Waals surface area contributed by atoms with Crippen LogP contribution in [0.25, 0.3) is 11.6 Å². The highest BCUT2D eigenvalue weighted by atomic mass is 32.1. The van der Waals surface area contributed by atoms with Gasteiger partial charge in [0, 0.05) is 29.5 Å². The van der Waals surface area contributed by atoms with Gasteiger partial charge < -0.3 is 10.0 Å². The summed E-state index contributed by atoms with van der Waals surface area (Å²) in [4.78, 5) is 18.5. The number of fused-ring (bicyclic) bond motifs is 1. The molecule has 0 spiro atoms. The number of amides is 1. The number of rotatable bonds is 6. The van der Waals surface area contributed by atoms with Crippen LogP contribution >= 0.6 is 11.3 Å². The molecular weight excluding hydrogens is 394 g/mol. The van der Waals surface area contributed by atoms with Crippen molar-refractivity contribution in [3.63, 3.8) is 0 Å². The third-order valence-corrected chi connectivity index (χ3v) is 5.81. The van der Waals surface area contributed by atoms with Crippen LogP contribution in [0.1, 0.15) is 38.4 Å². The van der Waals surface area contributed by atoms with E-state index in [-0.39, 0.29) is 5.91 Å². The molecule has 1 amide bonds. The van der Waals surface area contributed by atoms with Gasteiger partial charge in [-0.1, -0.05) is 60.7 Å². The lowest BCUT2D eigenvalue weighted by molar-refractivity contribution is 0.0181. The summed E-state index contributed by atoms with van der Waals surface area (Å²) in [6.07, 6.45) is 5.10. The van der Waals surface area contributed by atoms with Gasteiger partial charge in [0.25, 0.3) is 5.91 Å². The van der Waals surface area contributed by atoms with Crippen LogP contribution in [-0.4, -0.2) is 27.4 Å². The summed E-state index contributed by atoms with van der Waals surface area (Å²) in [5.41, 5.74) is 3.52. The fourth-order valence-corrected chi connectivity index (χ4v) is 4.16. The highest BCUT2D eigenvalue weighted by molar-refractivity contribution is 7.10. The molecule has 1 aliphatic rings. The Morgan fingerprint density at radius 2 is 1.97 bits per heavy atom. The van der Waals surface area contributed by atoms with Gasteiger partial charge in [0.2, 0.25) is 0 Å². The van der Waals surface area contributed by atoms with Crippen molar-refractivity contribution in [1.29, 1.82) is 5.26 Å². The molecule has 30 heavy (non-hydrogen) atoms. The zero-order valence-electron chi connectivity index (χ0n) is 16.1. The number of hydrogen-bond donors (Lipinski definition) is 1. The Kier molecular flexibility index (Phi) is 5.84. The molecule has 4 rings (SSSR count). The Hall–Kier alpha value is -3.53. The van der Waals surface area contributed by atoms with Gasteiger partial charge in [0.1, 0.15) is 11.1 Å². The van der Waals surface area contributed by atoms with E-state index >= 15 is 0 Å². The molecule has 148 valence electrons. The molecule has 3 aromatic rings. The smallest absolute Gasteiger partial charge is 0.256 e. The monoisotopic (exact) mass is 413 g/mol. The predicted molar refractivity (Wildman–Crippen MR) is 117 cm³/mol. The summed E-state index contributed by atoms with van der Waals surface area (Å²) in [5.74, 6) is -0.169. The van der Waals surface area contributed by atoms with Crippen LogP contribution in [0.15, 0.2) is 72.1 Å². The van der Waals surface area contributed by atoms with Crippen molar-refractivity contribution in [2.24, 2.45) is 0 Å². The zero-order valence-corrected chi connectivity index (χ0v) is 16.9. The first-order valence-electron chi connectivity index (χ1n) is 9.53. The molecule has 1 aromatic heterocycles. The average molecular weight is 414 g/mol. The van der Waals surface area contributed by atoms with Crippen LogP contribution in [0.3, 0.4) is 0 Å². The highest BCUT2D eigenvalue weighted by Crippen LogP contribution is 2.31. The summed E-state index contributed by atoms with van der Waals surface area (Å²) >= 11 is 1.40. The van der Waals surface area contributed by atoms with Crippen molar-refractivity contribution in [3.8, 4) is 6.07 Å². The van der Waals surface area contributed by atoms with Gasteiger partial charge in [-0.05, 0) is 17.7 Å².